The van der Waals surface area contributed by atoms with E-state index in [1.54, 1.807) is 19.1 Å². The minimum atomic E-state index is -1.27. The van der Waals surface area contributed by atoms with Crippen molar-refractivity contribution >= 4 is 36.3 Å². The average molecular weight is 545 g/mol. The number of amides is 3. The zero-order chi connectivity index (χ0) is 28.2. The Morgan fingerprint density at radius 3 is 1.97 bits per heavy atom. The van der Waals surface area contributed by atoms with Crippen molar-refractivity contribution in [2.45, 2.75) is 57.3 Å². The topological polar surface area (TPSA) is 171 Å². The van der Waals surface area contributed by atoms with E-state index in [9.17, 15) is 29.4 Å². The van der Waals surface area contributed by atoms with E-state index in [-0.39, 0.29) is 23.8 Å². The van der Waals surface area contributed by atoms with Crippen LogP contribution in [0.25, 0.3) is 0 Å². The molecule has 0 saturated carbocycles. The standard InChI is InChI=1S/C27H36N4O6S/c1-3-16(2)23(31-24(33)20(28)13-17-7-5-4-6-8-17)26(35)30-22(15-38)25(34)29-21(27(36)37)14-18-9-11-19(32)12-10-18/h4-12,16,20-23,32,38H,3,13-15,28H2,1-2H3,(H,29,34)(H,30,35)(H,31,33)(H,36,37). The first-order valence-electron chi connectivity index (χ1n) is 12.4. The molecule has 0 bridgehead atoms. The number of nitrogens with one attached hydrogen (secondary N) is 3. The molecule has 0 radical (unpaired) electrons. The Morgan fingerprint density at radius 2 is 1.42 bits per heavy atom. The van der Waals surface area contributed by atoms with Crippen molar-refractivity contribution in [1.82, 2.24) is 16.0 Å². The van der Waals surface area contributed by atoms with Gasteiger partial charge in [0.15, 0.2) is 0 Å². The molecule has 5 atom stereocenters. The van der Waals surface area contributed by atoms with Gasteiger partial charge < -0.3 is 31.9 Å². The summed E-state index contributed by atoms with van der Waals surface area (Å²) in [5.74, 6) is -3.42. The molecule has 11 heteroatoms. The number of hydrogen-bond donors (Lipinski definition) is 7. The number of phenolic OH excluding ortho intramolecular Hbond substituents is 1. The SMILES string of the molecule is CCC(C)C(NC(=O)C(N)Cc1ccccc1)C(=O)NC(CS)C(=O)NC(Cc1ccc(O)cc1)C(=O)O. The number of thiol groups is 1. The molecule has 2 rings (SSSR count). The quantitative estimate of drug-likeness (QED) is 0.174. The van der Waals surface area contributed by atoms with Gasteiger partial charge >= 0.3 is 5.97 Å². The summed E-state index contributed by atoms with van der Waals surface area (Å²) >= 11 is 4.16. The number of carboxylic acids is 1. The summed E-state index contributed by atoms with van der Waals surface area (Å²) in [5.41, 5.74) is 7.55. The number of rotatable bonds is 14. The van der Waals surface area contributed by atoms with Crippen LogP contribution in [-0.4, -0.2) is 63.8 Å². The fourth-order valence-corrected chi connectivity index (χ4v) is 3.98. The molecule has 38 heavy (non-hydrogen) atoms. The summed E-state index contributed by atoms with van der Waals surface area (Å²) in [6, 6.07) is 10.9. The van der Waals surface area contributed by atoms with Crippen LogP contribution in [0.3, 0.4) is 0 Å². The Morgan fingerprint density at radius 1 is 0.842 bits per heavy atom. The zero-order valence-electron chi connectivity index (χ0n) is 21.5. The van der Waals surface area contributed by atoms with Crippen molar-refractivity contribution in [2.75, 3.05) is 5.75 Å². The molecule has 0 spiro atoms. The van der Waals surface area contributed by atoms with Crippen LogP contribution in [0, 0.1) is 5.92 Å². The Bertz CT molecular complexity index is 1080. The van der Waals surface area contributed by atoms with E-state index in [1.807, 2.05) is 37.3 Å². The smallest absolute Gasteiger partial charge is 0.326 e. The maximum atomic E-state index is 13.2. The van der Waals surface area contributed by atoms with Crippen molar-refractivity contribution in [3.63, 3.8) is 0 Å². The van der Waals surface area contributed by atoms with Crippen LogP contribution in [0.15, 0.2) is 54.6 Å². The van der Waals surface area contributed by atoms with E-state index in [2.05, 4.69) is 28.6 Å². The van der Waals surface area contributed by atoms with E-state index in [1.165, 1.54) is 12.1 Å². The van der Waals surface area contributed by atoms with E-state index in [0.717, 1.165) is 5.56 Å². The molecule has 206 valence electrons. The molecule has 0 aliphatic heterocycles. The highest BCUT2D eigenvalue weighted by molar-refractivity contribution is 7.80. The first kappa shape index (κ1) is 30.7. The molecule has 0 fully saturated rings. The van der Waals surface area contributed by atoms with Gasteiger partial charge in [-0.25, -0.2) is 4.79 Å². The van der Waals surface area contributed by atoms with Crippen molar-refractivity contribution < 1.29 is 29.4 Å². The fraction of sp³-hybridized carbons (Fsp3) is 0.407. The molecule has 0 aromatic heterocycles. The fourth-order valence-electron chi connectivity index (χ4n) is 3.72. The zero-order valence-corrected chi connectivity index (χ0v) is 22.4. The monoisotopic (exact) mass is 544 g/mol. The van der Waals surface area contributed by atoms with Crippen LogP contribution >= 0.6 is 12.6 Å². The van der Waals surface area contributed by atoms with Gasteiger partial charge in [-0.2, -0.15) is 12.6 Å². The number of hydrogen-bond acceptors (Lipinski definition) is 7. The predicted molar refractivity (Wildman–Crippen MR) is 147 cm³/mol. The van der Waals surface area contributed by atoms with Crippen LogP contribution in [0.4, 0.5) is 0 Å². The van der Waals surface area contributed by atoms with E-state index < -0.39 is 47.9 Å². The summed E-state index contributed by atoms with van der Waals surface area (Å²) in [7, 11) is 0. The second kappa shape index (κ2) is 15.0. The Labute approximate surface area is 227 Å². The molecule has 0 aliphatic carbocycles. The Balaban J connectivity index is 2.05. The average Bonchev–Trinajstić information content (AvgIpc) is 2.90. The lowest BCUT2D eigenvalue weighted by atomic mass is 9.97. The Hall–Kier alpha value is -3.57. The summed E-state index contributed by atoms with van der Waals surface area (Å²) in [6.45, 7) is 3.66. The van der Waals surface area contributed by atoms with Crippen LogP contribution in [0.5, 0.6) is 5.75 Å². The third-order valence-electron chi connectivity index (χ3n) is 6.23. The van der Waals surface area contributed by atoms with Crippen molar-refractivity contribution in [1.29, 1.82) is 0 Å². The number of carboxylic acid groups (broad SMARTS) is 1. The van der Waals surface area contributed by atoms with E-state index in [0.29, 0.717) is 18.4 Å². The molecule has 0 aliphatic rings. The van der Waals surface area contributed by atoms with Gasteiger partial charge in [0.05, 0.1) is 6.04 Å². The van der Waals surface area contributed by atoms with Crippen LogP contribution in [0.2, 0.25) is 0 Å². The van der Waals surface area contributed by atoms with E-state index >= 15 is 0 Å². The number of nitrogens with two attached hydrogens (primary N) is 1. The van der Waals surface area contributed by atoms with Crippen molar-refractivity contribution in [2.24, 2.45) is 11.7 Å². The lowest BCUT2D eigenvalue weighted by molar-refractivity contribution is -0.142. The number of carbonyl (C=O) groups is 4. The van der Waals surface area contributed by atoms with Gasteiger partial charge in [-0.1, -0.05) is 62.7 Å². The third kappa shape index (κ3) is 9.38. The normalized spacial score (nSPS) is 14.8. The van der Waals surface area contributed by atoms with Crippen LogP contribution < -0.4 is 21.7 Å². The highest BCUT2D eigenvalue weighted by atomic mass is 32.1. The van der Waals surface area contributed by atoms with Gasteiger partial charge in [0.25, 0.3) is 0 Å². The van der Waals surface area contributed by atoms with Gasteiger partial charge in [0, 0.05) is 12.2 Å². The first-order valence-corrected chi connectivity index (χ1v) is 13.0. The van der Waals surface area contributed by atoms with Gasteiger partial charge in [-0.3, -0.25) is 14.4 Å². The predicted octanol–water partition coefficient (Wildman–Crippen LogP) is 1.02. The molecule has 0 saturated heterocycles. The maximum Gasteiger partial charge on any atom is 0.326 e. The maximum absolute atomic E-state index is 13.2. The molecule has 5 unspecified atom stereocenters. The van der Waals surface area contributed by atoms with Crippen molar-refractivity contribution in [3.8, 4) is 5.75 Å². The molecule has 2 aromatic carbocycles. The highest BCUT2D eigenvalue weighted by Gasteiger charge is 2.32. The number of carbonyl (C=O) groups excluding carboxylic acids is 3. The number of benzene rings is 2. The molecular formula is C27H36N4O6S. The van der Waals surface area contributed by atoms with Gasteiger partial charge in [-0.15, -0.1) is 0 Å². The molecule has 3 amide bonds. The van der Waals surface area contributed by atoms with Gasteiger partial charge in [-0.05, 0) is 35.6 Å². The summed E-state index contributed by atoms with van der Waals surface area (Å²) in [4.78, 5) is 50.6. The summed E-state index contributed by atoms with van der Waals surface area (Å²) in [5, 5.41) is 26.7. The lowest BCUT2D eigenvalue weighted by Crippen LogP contribution is -2.59. The molecule has 0 heterocycles. The molecule has 10 nitrogen and oxygen atoms in total. The van der Waals surface area contributed by atoms with Gasteiger partial charge in [0.2, 0.25) is 17.7 Å². The minimum absolute atomic E-state index is 0.0283. The summed E-state index contributed by atoms with van der Waals surface area (Å²) < 4.78 is 0. The first-order chi connectivity index (χ1) is 18.0. The second-order valence-electron chi connectivity index (χ2n) is 9.18. The Kier molecular flexibility index (Phi) is 12.1. The van der Waals surface area contributed by atoms with E-state index in [4.69, 9.17) is 5.73 Å². The van der Waals surface area contributed by atoms with Crippen LogP contribution in [-0.2, 0) is 32.0 Å². The van der Waals surface area contributed by atoms with Crippen LogP contribution in [0.1, 0.15) is 31.4 Å². The lowest BCUT2D eigenvalue weighted by Gasteiger charge is -2.27. The van der Waals surface area contributed by atoms with Crippen molar-refractivity contribution in [3.05, 3.63) is 65.7 Å². The number of aromatic hydroxyl groups is 1. The minimum Gasteiger partial charge on any atom is -0.508 e. The second-order valence-corrected chi connectivity index (χ2v) is 9.55. The van der Waals surface area contributed by atoms with Gasteiger partial charge in [0.1, 0.15) is 23.9 Å². The largest absolute Gasteiger partial charge is 0.508 e. The molecule has 2 aromatic rings. The molecular weight excluding hydrogens is 508 g/mol. The third-order valence-corrected chi connectivity index (χ3v) is 6.60. The number of phenols is 1. The molecule has 7 N–H and O–H groups in total. The highest BCUT2D eigenvalue weighted by Crippen LogP contribution is 2.13. The number of aliphatic carboxylic acids is 1. The summed E-state index contributed by atoms with van der Waals surface area (Å²) in [6.07, 6.45) is 0.831.